The van der Waals surface area contributed by atoms with Crippen LogP contribution in [0.25, 0.3) is 0 Å². The molecule has 0 aliphatic heterocycles. The maximum absolute atomic E-state index is 13.1. The zero-order valence-electron chi connectivity index (χ0n) is 9.81. The van der Waals surface area contributed by atoms with Gasteiger partial charge in [-0.25, -0.2) is 0 Å². The van der Waals surface area contributed by atoms with Crippen molar-refractivity contribution in [1.29, 1.82) is 0 Å². The van der Waals surface area contributed by atoms with Gasteiger partial charge in [-0.05, 0) is 0 Å². The van der Waals surface area contributed by atoms with E-state index >= 15 is 0 Å². The molecule has 1 aromatic carbocycles. The van der Waals surface area contributed by atoms with Gasteiger partial charge in [-0.2, -0.15) is 0 Å². The Morgan fingerprint density at radius 3 is 2.25 bits per heavy atom. The Morgan fingerprint density at radius 1 is 1.25 bits per heavy atom. The molecule has 0 aliphatic carbocycles. The van der Waals surface area contributed by atoms with Gasteiger partial charge in [-0.15, -0.1) is 0 Å². The van der Waals surface area contributed by atoms with E-state index in [4.69, 9.17) is 9.05 Å². The SMILES string of the molecule is CCOP(C)(O)(OCC)c1cccc(F)c1. The topological polar surface area (TPSA) is 38.7 Å². The first-order valence-corrected chi connectivity index (χ1v) is 7.71. The summed E-state index contributed by atoms with van der Waals surface area (Å²) in [5.41, 5.74) is 0. The van der Waals surface area contributed by atoms with Gasteiger partial charge in [0.1, 0.15) is 0 Å². The zero-order chi connectivity index (χ0) is 12.3. The summed E-state index contributed by atoms with van der Waals surface area (Å²) in [4.78, 5) is 10.6. The van der Waals surface area contributed by atoms with Gasteiger partial charge in [0.25, 0.3) is 0 Å². The predicted molar refractivity (Wildman–Crippen MR) is 64.3 cm³/mol. The second kappa shape index (κ2) is 4.76. The van der Waals surface area contributed by atoms with E-state index in [9.17, 15) is 9.28 Å². The van der Waals surface area contributed by atoms with Crippen LogP contribution in [0.3, 0.4) is 0 Å². The van der Waals surface area contributed by atoms with Crippen LogP contribution in [0.15, 0.2) is 24.3 Å². The molecular weight excluding hydrogens is 230 g/mol. The van der Waals surface area contributed by atoms with Crippen molar-refractivity contribution in [1.82, 2.24) is 0 Å². The number of halogens is 1. The summed E-state index contributed by atoms with van der Waals surface area (Å²) in [6.45, 7) is 5.65. The van der Waals surface area contributed by atoms with Crippen LogP contribution in [0.2, 0.25) is 0 Å². The third-order valence-corrected chi connectivity index (χ3v) is 5.44. The fourth-order valence-corrected chi connectivity index (χ4v) is 4.01. The first-order valence-electron chi connectivity index (χ1n) is 5.24. The van der Waals surface area contributed by atoms with E-state index in [2.05, 4.69) is 0 Å². The van der Waals surface area contributed by atoms with E-state index in [0.29, 0.717) is 18.5 Å². The minimum absolute atomic E-state index is 0.307. The molecule has 5 heteroatoms. The Bertz CT molecular complexity index is 358. The Hall–Kier alpha value is -0.540. The van der Waals surface area contributed by atoms with Crippen LogP contribution in [0.1, 0.15) is 13.8 Å². The molecule has 1 N–H and O–H groups in total. The summed E-state index contributed by atoms with van der Waals surface area (Å²) < 4.78 is 23.9. The van der Waals surface area contributed by atoms with Crippen LogP contribution in [-0.4, -0.2) is 24.8 Å². The molecule has 0 atom stereocenters. The molecule has 0 unspecified atom stereocenters. The van der Waals surface area contributed by atoms with Gasteiger partial charge in [0.15, 0.2) is 0 Å². The number of rotatable bonds is 5. The molecule has 0 heterocycles. The molecule has 16 heavy (non-hydrogen) atoms. The van der Waals surface area contributed by atoms with Crippen molar-refractivity contribution in [3.8, 4) is 0 Å². The fourth-order valence-electron chi connectivity index (χ4n) is 1.59. The van der Waals surface area contributed by atoms with Gasteiger partial charge < -0.3 is 0 Å². The summed E-state index contributed by atoms with van der Waals surface area (Å²) in [7, 11) is -3.87. The molecule has 0 aliphatic rings. The van der Waals surface area contributed by atoms with Gasteiger partial charge >= 0.3 is 94.7 Å². The summed E-state index contributed by atoms with van der Waals surface area (Å²) in [5, 5.41) is 0.370. The third kappa shape index (κ3) is 2.77. The Morgan fingerprint density at radius 2 is 1.81 bits per heavy atom. The predicted octanol–water partition coefficient (Wildman–Crippen LogP) is 2.44. The van der Waals surface area contributed by atoms with E-state index in [0.717, 1.165) is 0 Å². The van der Waals surface area contributed by atoms with Crippen LogP contribution in [0.4, 0.5) is 4.39 Å². The molecule has 3 nitrogen and oxygen atoms in total. The Balaban J connectivity index is 3.20. The van der Waals surface area contributed by atoms with Crippen LogP contribution in [-0.2, 0) is 9.05 Å². The molecular formula is C11H18FO3P. The van der Waals surface area contributed by atoms with Crippen molar-refractivity contribution in [2.45, 2.75) is 13.8 Å². The standard InChI is InChI=1S/C11H18FO3P/c1-4-14-16(3,13,15-5-2)11-8-6-7-10(12)9-11/h6-9,13H,4-5H2,1-3H3. The van der Waals surface area contributed by atoms with Gasteiger partial charge in [-0.1, -0.05) is 0 Å². The average Bonchev–Trinajstić information content (AvgIpc) is 2.18. The van der Waals surface area contributed by atoms with Gasteiger partial charge in [0, 0.05) is 0 Å². The molecule has 0 radical (unpaired) electrons. The van der Waals surface area contributed by atoms with E-state index < -0.39 is 13.1 Å². The average molecular weight is 248 g/mol. The fraction of sp³-hybridized carbons (Fsp3) is 0.455. The number of hydrogen-bond donors (Lipinski definition) is 1. The Labute approximate surface area is 95.4 Å². The van der Waals surface area contributed by atoms with Gasteiger partial charge in [0.05, 0.1) is 0 Å². The van der Waals surface area contributed by atoms with Crippen molar-refractivity contribution in [2.75, 3.05) is 19.9 Å². The van der Waals surface area contributed by atoms with Crippen LogP contribution < -0.4 is 5.30 Å². The first-order chi connectivity index (χ1) is 7.41. The molecule has 0 saturated carbocycles. The normalized spacial score (nSPS) is 14.4. The van der Waals surface area contributed by atoms with Gasteiger partial charge in [0.2, 0.25) is 0 Å². The van der Waals surface area contributed by atoms with Crippen LogP contribution >= 0.6 is 7.28 Å². The number of hydrogen-bond acceptors (Lipinski definition) is 3. The molecule has 0 fully saturated rings. The van der Waals surface area contributed by atoms with Crippen molar-refractivity contribution in [2.24, 2.45) is 0 Å². The van der Waals surface area contributed by atoms with E-state index in [-0.39, 0.29) is 0 Å². The van der Waals surface area contributed by atoms with Crippen LogP contribution in [0, 0.1) is 5.82 Å². The first kappa shape index (κ1) is 13.5. The molecule has 92 valence electrons. The van der Waals surface area contributed by atoms with Crippen molar-refractivity contribution in [3.05, 3.63) is 30.1 Å². The quantitative estimate of drug-likeness (QED) is 0.813. The molecule has 0 saturated heterocycles. The molecule has 0 spiro atoms. The van der Waals surface area contributed by atoms with Crippen molar-refractivity contribution >= 4 is 12.6 Å². The summed E-state index contributed by atoms with van der Waals surface area (Å²) >= 11 is 0. The third-order valence-electron chi connectivity index (χ3n) is 2.26. The van der Waals surface area contributed by atoms with Gasteiger partial charge in [-0.3, -0.25) is 0 Å². The summed E-state index contributed by atoms with van der Waals surface area (Å²) in [6.07, 6.45) is 0. The van der Waals surface area contributed by atoms with E-state index in [1.807, 2.05) is 0 Å². The molecule has 1 aromatic rings. The molecule has 0 amide bonds. The van der Waals surface area contributed by atoms with E-state index in [1.165, 1.54) is 24.9 Å². The summed E-state index contributed by atoms with van der Waals surface area (Å²) in [6, 6.07) is 5.72. The summed E-state index contributed by atoms with van der Waals surface area (Å²) in [5.74, 6) is -0.415. The monoisotopic (exact) mass is 248 g/mol. The second-order valence-corrected chi connectivity index (χ2v) is 7.28. The molecule has 0 aromatic heterocycles. The molecule has 0 bridgehead atoms. The second-order valence-electron chi connectivity index (χ2n) is 3.62. The Kier molecular flexibility index (Phi) is 4.02. The van der Waals surface area contributed by atoms with Crippen molar-refractivity contribution < 1.29 is 18.3 Å². The zero-order valence-corrected chi connectivity index (χ0v) is 10.7. The number of benzene rings is 1. The molecule has 1 rings (SSSR count). The van der Waals surface area contributed by atoms with E-state index in [1.54, 1.807) is 19.9 Å². The minimum atomic E-state index is -3.87. The van der Waals surface area contributed by atoms with Crippen LogP contribution in [0.5, 0.6) is 0 Å². The van der Waals surface area contributed by atoms with Crippen molar-refractivity contribution in [3.63, 3.8) is 0 Å². The maximum atomic E-state index is 13.1.